The predicted octanol–water partition coefficient (Wildman–Crippen LogP) is 3.78. The van der Waals surface area contributed by atoms with Gasteiger partial charge in [-0.3, -0.25) is 9.59 Å². The molecule has 5 nitrogen and oxygen atoms in total. The predicted molar refractivity (Wildman–Crippen MR) is 118 cm³/mol. The van der Waals surface area contributed by atoms with E-state index in [1.807, 2.05) is 30.3 Å². The van der Waals surface area contributed by atoms with E-state index in [4.69, 9.17) is 0 Å². The maximum atomic E-state index is 12.2. The fourth-order valence-electron chi connectivity index (χ4n) is 3.75. The highest BCUT2D eigenvalue weighted by atomic mass is 16.2. The van der Waals surface area contributed by atoms with Crippen LogP contribution >= 0.6 is 0 Å². The van der Waals surface area contributed by atoms with Crippen LogP contribution in [0.5, 0.6) is 0 Å². The van der Waals surface area contributed by atoms with Crippen LogP contribution in [-0.2, 0) is 16.0 Å². The number of nitrogens with zero attached hydrogens (tertiary/aromatic N) is 2. The van der Waals surface area contributed by atoms with Gasteiger partial charge < -0.3 is 15.1 Å². The zero-order chi connectivity index (χ0) is 20.5. The Morgan fingerprint density at radius 3 is 2.34 bits per heavy atom. The van der Waals surface area contributed by atoms with Crippen LogP contribution in [0.4, 0.5) is 11.4 Å². The molecule has 0 spiro atoms. The van der Waals surface area contributed by atoms with Crippen LogP contribution < -0.4 is 15.1 Å². The maximum absolute atomic E-state index is 12.2. The van der Waals surface area contributed by atoms with Gasteiger partial charge >= 0.3 is 0 Å². The molecule has 1 aliphatic rings. The highest BCUT2D eigenvalue weighted by Gasteiger charge is 2.16. The summed E-state index contributed by atoms with van der Waals surface area (Å²) in [5.74, 6) is -0.0613. The number of hydrogen-bond acceptors (Lipinski definition) is 3. The lowest BCUT2D eigenvalue weighted by Gasteiger charge is -2.23. The molecule has 0 atom stereocenters. The number of amides is 2. The fraction of sp³-hybridized carbons (Fsp3) is 0.417. The van der Waals surface area contributed by atoms with Gasteiger partial charge in [0.2, 0.25) is 11.8 Å². The standard InChI is InChI=1S/C24H31N3O2/c1-20(28)27(23-13-11-22(12-14-23)26-17-5-6-18-26)19-15-24(29)25-16-7-10-21-8-3-2-4-9-21/h2-4,8-9,11-14H,5-7,10,15-19H2,1H3,(H,25,29). The summed E-state index contributed by atoms with van der Waals surface area (Å²) in [5, 5.41) is 2.96. The molecular weight excluding hydrogens is 362 g/mol. The van der Waals surface area contributed by atoms with Crippen LogP contribution in [0, 0.1) is 0 Å². The van der Waals surface area contributed by atoms with Crippen molar-refractivity contribution in [1.29, 1.82) is 0 Å². The Balaban J connectivity index is 1.43. The fourth-order valence-corrected chi connectivity index (χ4v) is 3.75. The van der Waals surface area contributed by atoms with Gasteiger partial charge in [0.05, 0.1) is 0 Å². The SMILES string of the molecule is CC(=O)N(CCC(=O)NCCCc1ccccc1)c1ccc(N2CCCC2)cc1. The number of nitrogens with one attached hydrogen (secondary N) is 1. The molecular formula is C24H31N3O2. The first-order valence-electron chi connectivity index (χ1n) is 10.6. The zero-order valence-corrected chi connectivity index (χ0v) is 17.3. The summed E-state index contributed by atoms with van der Waals surface area (Å²) in [4.78, 5) is 28.3. The third-order valence-corrected chi connectivity index (χ3v) is 5.38. The van der Waals surface area contributed by atoms with Crippen molar-refractivity contribution in [3.63, 3.8) is 0 Å². The van der Waals surface area contributed by atoms with Gasteiger partial charge in [0, 0.05) is 50.9 Å². The minimum absolute atomic E-state index is 0.0157. The van der Waals surface area contributed by atoms with E-state index in [1.165, 1.54) is 24.1 Å². The van der Waals surface area contributed by atoms with E-state index >= 15 is 0 Å². The first-order chi connectivity index (χ1) is 14.1. The second kappa shape index (κ2) is 10.6. The number of benzene rings is 2. The normalized spacial score (nSPS) is 13.3. The second-order valence-corrected chi connectivity index (χ2v) is 7.57. The Kier molecular flexibility index (Phi) is 7.68. The van der Waals surface area contributed by atoms with E-state index in [9.17, 15) is 9.59 Å². The summed E-state index contributed by atoms with van der Waals surface area (Å²) in [5.41, 5.74) is 3.32. The van der Waals surface area contributed by atoms with Gasteiger partial charge in [-0.1, -0.05) is 30.3 Å². The summed E-state index contributed by atoms with van der Waals surface area (Å²) in [6.07, 6.45) is 4.64. The molecule has 0 bridgehead atoms. The van der Waals surface area contributed by atoms with Gasteiger partial charge in [0.15, 0.2) is 0 Å². The minimum Gasteiger partial charge on any atom is -0.372 e. The van der Waals surface area contributed by atoms with E-state index in [0.717, 1.165) is 31.6 Å². The Hall–Kier alpha value is -2.82. The molecule has 2 amide bonds. The van der Waals surface area contributed by atoms with Crippen molar-refractivity contribution in [3.05, 3.63) is 60.2 Å². The van der Waals surface area contributed by atoms with Gasteiger partial charge in [0.1, 0.15) is 0 Å². The number of carbonyl (C=O) groups excluding carboxylic acids is 2. The number of rotatable bonds is 9. The maximum Gasteiger partial charge on any atom is 0.223 e. The largest absolute Gasteiger partial charge is 0.372 e. The number of carbonyl (C=O) groups is 2. The van der Waals surface area contributed by atoms with Crippen molar-refractivity contribution in [2.75, 3.05) is 36.0 Å². The number of anilines is 2. The summed E-state index contributed by atoms with van der Waals surface area (Å²) < 4.78 is 0. The van der Waals surface area contributed by atoms with Gasteiger partial charge in [0.25, 0.3) is 0 Å². The summed E-state index contributed by atoms with van der Waals surface area (Å²) in [7, 11) is 0. The van der Waals surface area contributed by atoms with Crippen LogP contribution in [0.15, 0.2) is 54.6 Å². The average Bonchev–Trinajstić information content (AvgIpc) is 3.27. The molecule has 1 N–H and O–H groups in total. The van der Waals surface area contributed by atoms with Crippen LogP contribution in [-0.4, -0.2) is 38.0 Å². The van der Waals surface area contributed by atoms with Gasteiger partial charge in [-0.2, -0.15) is 0 Å². The molecule has 3 rings (SSSR count). The summed E-state index contributed by atoms with van der Waals surface area (Å²) in [6, 6.07) is 18.4. The molecule has 1 fully saturated rings. The molecule has 0 unspecified atom stereocenters. The van der Waals surface area contributed by atoms with Gasteiger partial charge in [-0.05, 0) is 55.5 Å². The molecule has 0 radical (unpaired) electrons. The van der Waals surface area contributed by atoms with E-state index in [2.05, 4.69) is 34.5 Å². The lowest BCUT2D eigenvalue weighted by Crippen LogP contribution is -2.34. The third-order valence-electron chi connectivity index (χ3n) is 5.38. The highest BCUT2D eigenvalue weighted by molar-refractivity contribution is 5.92. The van der Waals surface area contributed by atoms with Gasteiger partial charge in [-0.15, -0.1) is 0 Å². The molecule has 154 valence electrons. The molecule has 2 aromatic rings. The highest BCUT2D eigenvalue weighted by Crippen LogP contribution is 2.24. The van der Waals surface area contributed by atoms with Crippen LogP contribution in [0.3, 0.4) is 0 Å². The van der Waals surface area contributed by atoms with Crippen molar-refractivity contribution < 1.29 is 9.59 Å². The van der Waals surface area contributed by atoms with Crippen LogP contribution in [0.2, 0.25) is 0 Å². The van der Waals surface area contributed by atoms with E-state index in [-0.39, 0.29) is 11.8 Å². The number of hydrogen-bond donors (Lipinski definition) is 1. The third kappa shape index (κ3) is 6.34. The lowest BCUT2D eigenvalue weighted by molar-refractivity contribution is -0.121. The number of aryl methyl sites for hydroxylation is 1. The van der Waals surface area contributed by atoms with Crippen molar-refractivity contribution in [3.8, 4) is 0 Å². The topological polar surface area (TPSA) is 52.7 Å². The average molecular weight is 394 g/mol. The zero-order valence-electron chi connectivity index (χ0n) is 17.3. The van der Waals surface area contributed by atoms with Crippen LogP contribution in [0.25, 0.3) is 0 Å². The molecule has 29 heavy (non-hydrogen) atoms. The Labute approximate surface area is 173 Å². The molecule has 2 aromatic carbocycles. The van der Waals surface area contributed by atoms with Crippen molar-refractivity contribution in [2.45, 2.75) is 39.0 Å². The van der Waals surface area contributed by atoms with Crippen molar-refractivity contribution in [1.82, 2.24) is 5.32 Å². The lowest BCUT2D eigenvalue weighted by atomic mass is 10.1. The Morgan fingerprint density at radius 2 is 1.69 bits per heavy atom. The molecule has 1 aliphatic heterocycles. The van der Waals surface area contributed by atoms with Crippen molar-refractivity contribution in [2.24, 2.45) is 0 Å². The quantitative estimate of drug-likeness (QED) is 0.660. The smallest absolute Gasteiger partial charge is 0.223 e. The van der Waals surface area contributed by atoms with E-state index < -0.39 is 0 Å². The van der Waals surface area contributed by atoms with Gasteiger partial charge in [-0.25, -0.2) is 0 Å². The molecule has 0 saturated carbocycles. The molecule has 1 saturated heterocycles. The van der Waals surface area contributed by atoms with E-state index in [0.29, 0.717) is 19.5 Å². The first-order valence-corrected chi connectivity index (χ1v) is 10.6. The van der Waals surface area contributed by atoms with Crippen molar-refractivity contribution >= 4 is 23.2 Å². The molecule has 0 aliphatic carbocycles. The monoisotopic (exact) mass is 393 g/mol. The minimum atomic E-state index is -0.0456. The van der Waals surface area contributed by atoms with E-state index in [1.54, 1.807) is 11.8 Å². The second-order valence-electron chi connectivity index (χ2n) is 7.57. The first kappa shape index (κ1) is 20.9. The molecule has 1 heterocycles. The van der Waals surface area contributed by atoms with Crippen LogP contribution in [0.1, 0.15) is 38.2 Å². The Morgan fingerprint density at radius 1 is 1.00 bits per heavy atom. The summed E-state index contributed by atoms with van der Waals surface area (Å²) in [6.45, 7) is 4.79. The molecule has 0 aromatic heterocycles. The summed E-state index contributed by atoms with van der Waals surface area (Å²) >= 11 is 0. The Bertz CT molecular complexity index is 784. The molecule has 5 heteroatoms.